The van der Waals surface area contributed by atoms with Gasteiger partial charge in [-0.3, -0.25) is 14.3 Å². The number of aromatic nitrogens is 2. The van der Waals surface area contributed by atoms with Crippen LogP contribution in [0.3, 0.4) is 0 Å². The minimum Gasteiger partial charge on any atom is -0.444 e. The fourth-order valence-electron chi connectivity index (χ4n) is 4.18. The largest absolute Gasteiger partial charge is 0.444 e. The summed E-state index contributed by atoms with van der Waals surface area (Å²) in [7, 11) is 0. The lowest BCUT2D eigenvalue weighted by atomic mass is 9.96. The normalized spacial score (nSPS) is 16.0. The van der Waals surface area contributed by atoms with Crippen LogP contribution in [0, 0.1) is 19.8 Å². The zero-order valence-corrected chi connectivity index (χ0v) is 21.4. The number of ether oxygens (including phenoxy) is 1. The fourth-order valence-corrected chi connectivity index (χ4v) is 4.18. The molecule has 1 fully saturated rings. The summed E-state index contributed by atoms with van der Waals surface area (Å²) in [6.45, 7) is 11.5. The molecule has 1 atom stereocenters. The Morgan fingerprint density at radius 3 is 2.54 bits per heavy atom. The summed E-state index contributed by atoms with van der Waals surface area (Å²) in [5, 5.41) is 9.99. The van der Waals surface area contributed by atoms with E-state index in [0.717, 1.165) is 29.8 Å². The van der Waals surface area contributed by atoms with E-state index in [-0.39, 0.29) is 24.3 Å². The lowest BCUT2D eigenvalue weighted by Gasteiger charge is -2.32. The predicted molar refractivity (Wildman–Crippen MR) is 133 cm³/mol. The van der Waals surface area contributed by atoms with Crippen molar-refractivity contribution in [2.24, 2.45) is 5.92 Å². The summed E-state index contributed by atoms with van der Waals surface area (Å²) < 4.78 is 7.11. The number of amides is 3. The van der Waals surface area contributed by atoms with Gasteiger partial charge in [0.1, 0.15) is 5.60 Å². The second-order valence-corrected chi connectivity index (χ2v) is 10.1. The Morgan fingerprint density at radius 2 is 1.86 bits per heavy atom. The third-order valence-corrected chi connectivity index (χ3v) is 5.78. The van der Waals surface area contributed by atoms with E-state index in [1.165, 1.54) is 0 Å². The number of likely N-dealkylation sites (tertiary alicyclic amines) is 1. The number of carbonyl (C=O) groups is 3. The molecule has 2 aromatic rings. The number of rotatable bonds is 7. The maximum atomic E-state index is 13.2. The zero-order chi connectivity index (χ0) is 25.6. The molecule has 1 unspecified atom stereocenters. The molecular formula is C26H37N5O4. The molecule has 9 nitrogen and oxygen atoms in total. The molecule has 1 aliphatic rings. The summed E-state index contributed by atoms with van der Waals surface area (Å²) in [5.41, 5.74) is 3.10. The second kappa shape index (κ2) is 11.4. The summed E-state index contributed by atoms with van der Waals surface area (Å²) in [6.07, 6.45) is 0.986. The van der Waals surface area contributed by atoms with Crippen LogP contribution in [0.2, 0.25) is 0 Å². The van der Waals surface area contributed by atoms with Crippen LogP contribution < -0.4 is 10.6 Å². The molecule has 0 saturated carbocycles. The van der Waals surface area contributed by atoms with Crippen LogP contribution in [-0.4, -0.2) is 64.4 Å². The zero-order valence-electron chi connectivity index (χ0n) is 21.4. The van der Waals surface area contributed by atoms with Crippen LogP contribution in [-0.2, 0) is 16.1 Å². The summed E-state index contributed by atoms with van der Waals surface area (Å²) in [6, 6.07) is 9.64. The molecule has 2 N–H and O–H groups in total. The van der Waals surface area contributed by atoms with Gasteiger partial charge in [-0.15, -0.1) is 0 Å². The van der Waals surface area contributed by atoms with Gasteiger partial charge in [0.25, 0.3) is 5.91 Å². The van der Waals surface area contributed by atoms with Gasteiger partial charge in [0.05, 0.1) is 18.2 Å². The van der Waals surface area contributed by atoms with E-state index in [4.69, 9.17) is 4.74 Å². The van der Waals surface area contributed by atoms with E-state index in [2.05, 4.69) is 15.7 Å². The van der Waals surface area contributed by atoms with E-state index in [9.17, 15) is 14.4 Å². The topological polar surface area (TPSA) is 106 Å². The first kappa shape index (κ1) is 26.2. The lowest BCUT2D eigenvalue weighted by molar-refractivity contribution is -0.126. The van der Waals surface area contributed by atoms with Gasteiger partial charge < -0.3 is 20.3 Å². The number of nitrogens with one attached hydrogen (secondary N) is 2. The quantitative estimate of drug-likeness (QED) is 0.589. The number of hydrogen-bond donors (Lipinski definition) is 2. The average Bonchev–Trinajstić information content (AvgIpc) is 3.11. The number of hydrogen-bond acceptors (Lipinski definition) is 5. The smallest absolute Gasteiger partial charge is 0.407 e. The van der Waals surface area contributed by atoms with Crippen LogP contribution in [0.4, 0.5) is 4.79 Å². The minimum atomic E-state index is -0.567. The Balaban J connectivity index is 1.51. The summed E-state index contributed by atoms with van der Waals surface area (Å²) >= 11 is 0. The highest BCUT2D eigenvalue weighted by Crippen LogP contribution is 2.20. The highest BCUT2D eigenvalue weighted by molar-refractivity contribution is 5.95. The minimum absolute atomic E-state index is 0.0655. The molecule has 3 rings (SSSR count). The van der Waals surface area contributed by atoms with Crippen molar-refractivity contribution in [1.82, 2.24) is 25.3 Å². The van der Waals surface area contributed by atoms with Crippen molar-refractivity contribution < 1.29 is 19.1 Å². The van der Waals surface area contributed by atoms with Crippen molar-refractivity contribution in [3.05, 3.63) is 52.8 Å². The van der Waals surface area contributed by atoms with Gasteiger partial charge in [0.2, 0.25) is 5.91 Å². The Morgan fingerprint density at radius 1 is 1.11 bits per heavy atom. The van der Waals surface area contributed by atoms with E-state index >= 15 is 0 Å². The highest BCUT2D eigenvalue weighted by Gasteiger charge is 2.29. The SMILES string of the molecule is Cc1cc(C)n(Cc2cccc(C(=O)N3CCCC(C(=O)NCCNC(=O)OC(C)(C)C)C3)c2)n1. The number of nitrogens with zero attached hydrogens (tertiary/aromatic N) is 3. The number of benzene rings is 1. The van der Waals surface area contributed by atoms with Crippen molar-refractivity contribution in [2.45, 2.75) is 59.6 Å². The molecule has 190 valence electrons. The monoisotopic (exact) mass is 483 g/mol. The van der Waals surface area contributed by atoms with Crippen LogP contribution in [0.15, 0.2) is 30.3 Å². The van der Waals surface area contributed by atoms with Gasteiger partial charge in [-0.25, -0.2) is 4.79 Å². The predicted octanol–water partition coefficient (Wildman–Crippen LogP) is 3.04. The molecule has 0 aliphatic carbocycles. The molecule has 1 aromatic heterocycles. The van der Waals surface area contributed by atoms with Gasteiger partial charge in [-0.05, 0) is 71.2 Å². The Kier molecular flexibility index (Phi) is 8.53. The van der Waals surface area contributed by atoms with Crippen molar-refractivity contribution in [2.75, 3.05) is 26.2 Å². The summed E-state index contributed by atoms with van der Waals surface area (Å²) in [5.74, 6) is -0.441. The first-order chi connectivity index (χ1) is 16.5. The molecule has 1 aliphatic heterocycles. The van der Waals surface area contributed by atoms with Crippen molar-refractivity contribution >= 4 is 17.9 Å². The number of carbonyl (C=O) groups excluding carboxylic acids is 3. The Hall–Kier alpha value is -3.36. The standard InChI is InChI=1S/C26H37N5O4/c1-18-14-19(2)31(29-18)16-20-8-6-9-21(15-20)24(33)30-13-7-10-22(17-30)23(32)27-11-12-28-25(34)35-26(3,4)5/h6,8-9,14-15,22H,7,10-13,16-17H2,1-5H3,(H,27,32)(H,28,34). The second-order valence-electron chi connectivity index (χ2n) is 10.1. The van der Waals surface area contributed by atoms with Crippen molar-refractivity contribution in [3.8, 4) is 0 Å². The molecule has 0 spiro atoms. The lowest BCUT2D eigenvalue weighted by Crippen LogP contribution is -2.46. The van der Waals surface area contributed by atoms with Gasteiger partial charge in [-0.1, -0.05) is 12.1 Å². The molecule has 1 saturated heterocycles. The molecule has 1 aromatic carbocycles. The van der Waals surface area contributed by atoms with Crippen LogP contribution >= 0.6 is 0 Å². The molecule has 35 heavy (non-hydrogen) atoms. The van der Waals surface area contributed by atoms with Crippen LogP contribution in [0.5, 0.6) is 0 Å². The van der Waals surface area contributed by atoms with E-state index < -0.39 is 11.7 Å². The van der Waals surface area contributed by atoms with Gasteiger partial charge in [0, 0.05) is 37.4 Å². The molecule has 3 amide bonds. The maximum absolute atomic E-state index is 13.2. The van der Waals surface area contributed by atoms with Gasteiger partial charge in [0.15, 0.2) is 0 Å². The first-order valence-corrected chi connectivity index (χ1v) is 12.2. The number of piperidine rings is 1. The molecule has 2 heterocycles. The Labute approximate surface area is 207 Å². The third-order valence-electron chi connectivity index (χ3n) is 5.78. The van der Waals surface area contributed by atoms with Gasteiger partial charge >= 0.3 is 6.09 Å². The van der Waals surface area contributed by atoms with Gasteiger partial charge in [-0.2, -0.15) is 5.10 Å². The van der Waals surface area contributed by atoms with Crippen LogP contribution in [0.25, 0.3) is 0 Å². The van der Waals surface area contributed by atoms with Crippen molar-refractivity contribution in [3.63, 3.8) is 0 Å². The third kappa shape index (κ3) is 7.83. The fraction of sp³-hybridized carbons (Fsp3) is 0.538. The highest BCUT2D eigenvalue weighted by atomic mass is 16.6. The number of alkyl carbamates (subject to hydrolysis) is 1. The van der Waals surface area contributed by atoms with E-state index in [1.54, 1.807) is 25.7 Å². The van der Waals surface area contributed by atoms with Crippen LogP contribution in [0.1, 0.15) is 60.9 Å². The molecule has 0 radical (unpaired) electrons. The maximum Gasteiger partial charge on any atom is 0.407 e. The molecule has 9 heteroatoms. The summed E-state index contributed by atoms with van der Waals surface area (Å²) in [4.78, 5) is 39.3. The first-order valence-electron chi connectivity index (χ1n) is 12.2. The molecule has 0 bridgehead atoms. The van der Waals surface area contributed by atoms with Crippen molar-refractivity contribution in [1.29, 1.82) is 0 Å². The molecular weight excluding hydrogens is 446 g/mol. The average molecular weight is 484 g/mol. The van der Waals surface area contributed by atoms with E-state index in [0.29, 0.717) is 31.7 Å². The number of aryl methyl sites for hydroxylation is 2. The van der Waals surface area contributed by atoms with E-state index in [1.807, 2.05) is 48.9 Å². The Bertz CT molecular complexity index is 1060.